The van der Waals surface area contributed by atoms with E-state index >= 15 is 0 Å². The van der Waals surface area contributed by atoms with Crippen LogP contribution >= 0.6 is 11.6 Å². The number of hydrogen-bond donors (Lipinski definition) is 1. The highest BCUT2D eigenvalue weighted by atomic mass is 35.5. The van der Waals surface area contributed by atoms with Crippen LogP contribution in [-0.2, 0) is 16.4 Å². The number of nitrogens with one attached hydrogen (secondary N) is 1. The number of halogens is 1. The van der Waals surface area contributed by atoms with Crippen molar-refractivity contribution in [1.29, 1.82) is 0 Å². The summed E-state index contributed by atoms with van der Waals surface area (Å²) in [5, 5.41) is 3.85. The molecule has 7 heteroatoms. The van der Waals surface area contributed by atoms with Gasteiger partial charge in [0.15, 0.2) is 21.3 Å². The third-order valence-electron chi connectivity index (χ3n) is 3.88. The Bertz CT molecular complexity index is 661. The molecule has 2 aliphatic rings. The standard InChI is InChI=1S/C14H18ClNO4S/c1-14(2-5-21(17,18)9-14)16-8-10-6-11(15)13-12(7-10)19-3-4-20-13/h6-7,16H,2-5,8-9H2,1H3. The second kappa shape index (κ2) is 5.34. The number of fused-ring (bicyclic) bond motifs is 1. The molecule has 1 aromatic rings. The van der Waals surface area contributed by atoms with Crippen molar-refractivity contribution < 1.29 is 17.9 Å². The molecule has 0 saturated carbocycles. The molecule has 5 nitrogen and oxygen atoms in total. The predicted molar refractivity (Wildman–Crippen MR) is 81.0 cm³/mol. The maximum Gasteiger partial charge on any atom is 0.179 e. The van der Waals surface area contributed by atoms with Crippen LogP contribution in [0.3, 0.4) is 0 Å². The van der Waals surface area contributed by atoms with Crippen LogP contribution in [0.1, 0.15) is 18.9 Å². The summed E-state index contributed by atoms with van der Waals surface area (Å²) in [6.07, 6.45) is 0.633. The normalized spacial score (nSPS) is 26.8. The smallest absolute Gasteiger partial charge is 0.179 e. The summed E-state index contributed by atoms with van der Waals surface area (Å²) in [5.74, 6) is 1.66. The van der Waals surface area contributed by atoms with Gasteiger partial charge >= 0.3 is 0 Å². The number of hydrogen-bond acceptors (Lipinski definition) is 5. The van der Waals surface area contributed by atoms with Crippen LogP contribution in [0.25, 0.3) is 0 Å². The number of sulfone groups is 1. The van der Waals surface area contributed by atoms with Gasteiger partial charge in [-0.1, -0.05) is 11.6 Å². The van der Waals surface area contributed by atoms with Crippen molar-refractivity contribution in [3.05, 3.63) is 22.7 Å². The molecule has 0 aromatic heterocycles. The van der Waals surface area contributed by atoms with Gasteiger partial charge in [-0.15, -0.1) is 0 Å². The largest absolute Gasteiger partial charge is 0.486 e. The molecule has 1 unspecified atom stereocenters. The minimum atomic E-state index is -2.91. The van der Waals surface area contributed by atoms with Gasteiger partial charge in [-0.2, -0.15) is 0 Å². The topological polar surface area (TPSA) is 64.6 Å². The van der Waals surface area contributed by atoms with Crippen molar-refractivity contribution >= 4 is 21.4 Å². The van der Waals surface area contributed by atoms with E-state index in [0.29, 0.717) is 42.7 Å². The van der Waals surface area contributed by atoms with E-state index in [9.17, 15) is 8.42 Å². The van der Waals surface area contributed by atoms with Crippen molar-refractivity contribution in [3.63, 3.8) is 0 Å². The van der Waals surface area contributed by atoms with Crippen LogP contribution < -0.4 is 14.8 Å². The van der Waals surface area contributed by atoms with Gasteiger partial charge < -0.3 is 14.8 Å². The average Bonchev–Trinajstić information content (AvgIpc) is 2.71. The fourth-order valence-corrected chi connectivity index (χ4v) is 5.14. The van der Waals surface area contributed by atoms with E-state index in [1.807, 2.05) is 19.1 Å². The Labute approximate surface area is 129 Å². The molecule has 1 aromatic carbocycles. The van der Waals surface area contributed by atoms with E-state index in [0.717, 1.165) is 5.56 Å². The van der Waals surface area contributed by atoms with E-state index in [2.05, 4.69) is 5.32 Å². The van der Waals surface area contributed by atoms with Crippen LogP contribution in [0.15, 0.2) is 12.1 Å². The number of ether oxygens (including phenoxy) is 2. The van der Waals surface area contributed by atoms with Crippen LogP contribution in [0.4, 0.5) is 0 Å². The molecule has 1 fully saturated rings. The van der Waals surface area contributed by atoms with Gasteiger partial charge in [-0.3, -0.25) is 0 Å². The molecular weight excluding hydrogens is 314 g/mol. The molecule has 2 heterocycles. The van der Waals surface area contributed by atoms with Crippen molar-refractivity contribution in [3.8, 4) is 11.5 Å². The summed E-state index contributed by atoms with van der Waals surface area (Å²) in [4.78, 5) is 0. The quantitative estimate of drug-likeness (QED) is 0.914. The average molecular weight is 332 g/mol. The highest BCUT2D eigenvalue weighted by molar-refractivity contribution is 7.91. The molecule has 0 aliphatic carbocycles. The van der Waals surface area contributed by atoms with E-state index in [4.69, 9.17) is 21.1 Å². The van der Waals surface area contributed by atoms with E-state index in [1.165, 1.54) is 0 Å². The first-order valence-electron chi connectivity index (χ1n) is 6.90. The Morgan fingerprint density at radius 2 is 2.10 bits per heavy atom. The molecule has 0 bridgehead atoms. The molecule has 21 heavy (non-hydrogen) atoms. The van der Waals surface area contributed by atoms with Crippen molar-refractivity contribution in [2.24, 2.45) is 0 Å². The SMILES string of the molecule is CC1(NCc2cc(Cl)c3c(c2)OCCO3)CCS(=O)(=O)C1. The second-order valence-corrected chi connectivity index (χ2v) is 8.45. The van der Waals surface area contributed by atoms with Gasteiger partial charge in [-0.25, -0.2) is 8.42 Å². The number of benzene rings is 1. The maximum absolute atomic E-state index is 11.6. The Kier molecular flexibility index (Phi) is 3.80. The highest BCUT2D eigenvalue weighted by Gasteiger charge is 2.37. The summed E-state index contributed by atoms with van der Waals surface area (Å²) in [6, 6.07) is 3.72. The molecule has 2 aliphatic heterocycles. The molecule has 3 rings (SSSR count). The monoisotopic (exact) mass is 331 g/mol. The maximum atomic E-state index is 11.6. The molecule has 1 atom stereocenters. The van der Waals surface area contributed by atoms with Crippen LogP contribution in [0, 0.1) is 0 Å². The Hall–Kier alpha value is -0.980. The molecule has 0 spiro atoms. The zero-order valence-electron chi connectivity index (χ0n) is 11.8. The molecule has 116 valence electrons. The summed E-state index contributed by atoms with van der Waals surface area (Å²) >= 11 is 6.19. The summed E-state index contributed by atoms with van der Waals surface area (Å²) in [7, 11) is -2.91. The predicted octanol–water partition coefficient (Wildman–Crippen LogP) is 1.78. The minimum absolute atomic E-state index is 0.179. The van der Waals surface area contributed by atoms with Gasteiger partial charge in [0.25, 0.3) is 0 Å². The van der Waals surface area contributed by atoms with Gasteiger partial charge in [0.2, 0.25) is 0 Å². The molecule has 0 amide bonds. The first-order chi connectivity index (χ1) is 9.87. The minimum Gasteiger partial charge on any atom is -0.486 e. The zero-order chi connectivity index (χ0) is 15.1. The lowest BCUT2D eigenvalue weighted by Gasteiger charge is -2.25. The van der Waals surface area contributed by atoms with Crippen LogP contribution in [0.5, 0.6) is 11.5 Å². The Morgan fingerprint density at radius 3 is 2.81 bits per heavy atom. The highest BCUT2D eigenvalue weighted by Crippen LogP contribution is 2.38. The van der Waals surface area contributed by atoms with Crippen molar-refractivity contribution in [2.45, 2.75) is 25.4 Å². The van der Waals surface area contributed by atoms with Gasteiger partial charge in [-0.05, 0) is 31.0 Å². The van der Waals surface area contributed by atoms with Crippen LogP contribution in [0.2, 0.25) is 5.02 Å². The van der Waals surface area contributed by atoms with E-state index < -0.39 is 9.84 Å². The van der Waals surface area contributed by atoms with Gasteiger partial charge in [0.05, 0.1) is 16.5 Å². The van der Waals surface area contributed by atoms with Gasteiger partial charge in [0.1, 0.15) is 13.2 Å². The fraction of sp³-hybridized carbons (Fsp3) is 0.571. The molecular formula is C14H18ClNO4S. The lowest BCUT2D eigenvalue weighted by molar-refractivity contribution is 0.171. The third-order valence-corrected chi connectivity index (χ3v) is 6.06. The van der Waals surface area contributed by atoms with Crippen molar-refractivity contribution in [2.75, 3.05) is 24.7 Å². The van der Waals surface area contributed by atoms with E-state index in [-0.39, 0.29) is 17.0 Å². The Morgan fingerprint density at radius 1 is 1.33 bits per heavy atom. The third kappa shape index (κ3) is 3.27. The van der Waals surface area contributed by atoms with Gasteiger partial charge in [0, 0.05) is 12.1 Å². The van der Waals surface area contributed by atoms with Crippen LogP contribution in [-0.4, -0.2) is 38.7 Å². The summed E-state index contributed by atoms with van der Waals surface area (Å²) < 4.78 is 34.2. The summed E-state index contributed by atoms with van der Waals surface area (Å²) in [5.41, 5.74) is 0.577. The lowest BCUT2D eigenvalue weighted by Crippen LogP contribution is -2.42. The molecule has 0 radical (unpaired) electrons. The first kappa shape index (κ1) is 14.9. The summed E-state index contributed by atoms with van der Waals surface area (Å²) in [6.45, 7) is 3.50. The second-order valence-electron chi connectivity index (χ2n) is 5.86. The molecule has 1 saturated heterocycles. The van der Waals surface area contributed by atoms with Crippen molar-refractivity contribution in [1.82, 2.24) is 5.32 Å². The zero-order valence-corrected chi connectivity index (χ0v) is 13.4. The van der Waals surface area contributed by atoms with E-state index in [1.54, 1.807) is 0 Å². The number of rotatable bonds is 3. The first-order valence-corrected chi connectivity index (χ1v) is 9.10. The lowest BCUT2D eigenvalue weighted by atomic mass is 10.0. The Balaban J connectivity index is 1.73. The fourth-order valence-electron chi connectivity index (χ4n) is 2.73. The molecule has 1 N–H and O–H groups in total.